The molecule has 4 rings (SSSR count). The summed E-state index contributed by atoms with van der Waals surface area (Å²) in [7, 11) is 0. The number of aromatic amines is 1. The second kappa shape index (κ2) is 5.57. The first-order valence-corrected chi connectivity index (χ1v) is 7.34. The van der Waals surface area contributed by atoms with E-state index in [9.17, 15) is 0 Å². The SMILES string of the molecule is CC1=N/C(=C/c2ccccc2)CN1c1n[nH]c(-c2ccco2)n1. The van der Waals surface area contributed by atoms with Crippen molar-refractivity contribution in [1.82, 2.24) is 15.2 Å². The molecular weight excluding hydrogens is 290 g/mol. The van der Waals surface area contributed by atoms with E-state index in [0.29, 0.717) is 24.1 Å². The summed E-state index contributed by atoms with van der Waals surface area (Å²) in [6, 6.07) is 13.8. The molecule has 1 aliphatic heterocycles. The highest BCUT2D eigenvalue weighted by atomic mass is 16.3. The normalized spacial score (nSPS) is 16.1. The molecule has 1 N–H and O–H groups in total. The van der Waals surface area contributed by atoms with Crippen LogP contribution in [0, 0.1) is 0 Å². The Morgan fingerprint density at radius 3 is 2.83 bits per heavy atom. The van der Waals surface area contributed by atoms with Crippen LogP contribution in [0.2, 0.25) is 0 Å². The van der Waals surface area contributed by atoms with Gasteiger partial charge in [-0.2, -0.15) is 4.98 Å². The molecule has 3 aromatic rings. The zero-order chi connectivity index (χ0) is 15.6. The molecule has 0 aliphatic carbocycles. The number of H-pyrrole nitrogens is 1. The van der Waals surface area contributed by atoms with E-state index in [1.165, 1.54) is 0 Å². The van der Waals surface area contributed by atoms with Gasteiger partial charge in [0.25, 0.3) is 5.95 Å². The predicted molar refractivity (Wildman–Crippen MR) is 89.0 cm³/mol. The molecule has 114 valence electrons. The molecular formula is C17H15N5O. The molecule has 0 saturated carbocycles. The van der Waals surface area contributed by atoms with Crippen LogP contribution in [0.1, 0.15) is 12.5 Å². The molecule has 6 nitrogen and oxygen atoms in total. The number of rotatable bonds is 3. The molecule has 0 unspecified atom stereocenters. The zero-order valence-electron chi connectivity index (χ0n) is 12.6. The van der Waals surface area contributed by atoms with Gasteiger partial charge in [-0.05, 0) is 30.7 Å². The number of furan rings is 1. The van der Waals surface area contributed by atoms with Crippen molar-refractivity contribution in [3.8, 4) is 11.6 Å². The minimum absolute atomic E-state index is 0.592. The van der Waals surface area contributed by atoms with E-state index in [4.69, 9.17) is 4.42 Å². The Kier molecular flexibility index (Phi) is 3.27. The second-order valence-corrected chi connectivity index (χ2v) is 5.25. The fourth-order valence-corrected chi connectivity index (χ4v) is 2.51. The van der Waals surface area contributed by atoms with Gasteiger partial charge < -0.3 is 4.42 Å². The maximum atomic E-state index is 5.33. The van der Waals surface area contributed by atoms with Crippen LogP contribution in [0.4, 0.5) is 5.95 Å². The fourth-order valence-electron chi connectivity index (χ4n) is 2.51. The summed E-state index contributed by atoms with van der Waals surface area (Å²) in [5.74, 6) is 2.74. The topological polar surface area (TPSA) is 70.3 Å². The third-order valence-electron chi connectivity index (χ3n) is 3.62. The Balaban J connectivity index is 1.57. The van der Waals surface area contributed by atoms with Gasteiger partial charge in [-0.3, -0.25) is 10.00 Å². The van der Waals surface area contributed by atoms with Crippen LogP contribution in [0.15, 0.2) is 63.8 Å². The Morgan fingerprint density at radius 1 is 1.17 bits per heavy atom. The van der Waals surface area contributed by atoms with E-state index >= 15 is 0 Å². The minimum atomic E-state index is 0.592. The number of aliphatic imine (C=N–C) groups is 1. The number of benzene rings is 1. The molecule has 0 saturated heterocycles. The number of hydrogen-bond donors (Lipinski definition) is 1. The van der Waals surface area contributed by atoms with Gasteiger partial charge in [0, 0.05) is 0 Å². The molecule has 3 heterocycles. The summed E-state index contributed by atoms with van der Waals surface area (Å²) in [5.41, 5.74) is 2.12. The molecule has 0 bridgehead atoms. The van der Waals surface area contributed by atoms with Gasteiger partial charge in [-0.1, -0.05) is 30.3 Å². The molecule has 0 fully saturated rings. The third kappa shape index (κ3) is 2.66. The standard InChI is InChI=1S/C17H15N5O/c1-12-18-14(10-13-6-3-2-4-7-13)11-22(12)17-19-16(20-21-17)15-8-5-9-23-15/h2-10H,11H2,1H3,(H,19,20,21)/b14-10+. The fraction of sp³-hybridized carbons (Fsp3) is 0.118. The number of aromatic nitrogens is 3. The average Bonchev–Trinajstić information content (AvgIpc) is 3.28. The lowest BCUT2D eigenvalue weighted by atomic mass is 10.2. The van der Waals surface area contributed by atoms with Crippen LogP contribution in [0.25, 0.3) is 17.7 Å². The Labute approximate surface area is 133 Å². The van der Waals surface area contributed by atoms with Gasteiger partial charge in [0.05, 0.1) is 18.5 Å². The first-order chi connectivity index (χ1) is 11.3. The van der Waals surface area contributed by atoms with Crippen LogP contribution < -0.4 is 4.90 Å². The van der Waals surface area contributed by atoms with Gasteiger partial charge in [-0.25, -0.2) is 4.99 Å². The van der Waals surface area contributed by atoms with Crippen molar-refractivity contribution in [2.24, 2.45) is 4.99 Å². The molecule has 0 radical (unpaired) electrons. The number of amidine groups is 1. The summed E-state index contributed by atoms with van der Waals surface area (Å²) in [5, 5.41) is 7.17. The molecule has 0 spiro atoms. The van der Waals surface area contributed by atoms with E-state index in [1.54, 1.807) is 6.26 Å². The quantitative estimate of drug-likeness (QED) is 0.805. The summed E-state index contributed by atoms with van der Waals surface area (Å²) < 4.78 is 5.33. The van der Waals surface area contributed by atoms with Crippen LogP contribution >= 0.6 is 0 Å². The van der Waals surface area contributed by atoms with Crippen molar-refractivity contribution in [2.45, 2.75) is 6.92 Å². The Hall–Kier alpha value is -3.15. The smallest absolute Gasteiger partial charge is 0.250 e. The van der Waals surface area contributed by atoms with Crippen molar-refractivity contribution in [3.05, 3.63) is 60.0 Å². The maximum Gasteiger partial charge on any atom is 0.250 e. The third-order valence-corrected chi connectivity index (χ3v) is 3.62. The molecule has 23 heavy (non-hydrogen) atoms. The summed E-state index contributed by atoms with van der Waals surface area (Å²) in [6.45, 7) is 2.60. The van der Waals surface area contributed by atoms with Crippen molar-refractivity contribution in [3.63, 3.8) is 0 Å². The van der Waals surface area contributed by atoms with Crippen LogP contribution in [0.3, 0.4) is 0 Å². The number of nitrogens with zero attached hydrogens (tertiary/aromatic N) is 4. The van der Waals surface area contributed by atoms with Gasteiger partial charge in [0.2, 0.25) is 0 Å². The van der Waals surface area contributed by atoms with Crippen molar-refractivity contribution < 1.29 is 4.42 Å². The highest BCUT2D eigenvalue weighted by Gasteiger charge is 2.23. The number of nitrogens with one attached hydrogen (secondary N) is 1. The predicted octanol–water partition coefficient (Wildman–Crippen LogP) is 3.34. The van der Waals surface area contributed by atoms with Crippen molar-refractivity contribution in [2.75, 3.05) is 11.4 Å². The van der Waals surface area contributed by atoms with E-state index in [0.717, 1.165) is 17.1 Å². The van der Waals surface area contributed by atoms with Crippen LogP contribution in [-0.2, 0) is 0 Å². The summed E-state index contributed by atoms with van der Waals surface area (Å²) in [6.07, 6.45) is 3.68. The highest BCUT2D eigenvalue weighted by Crippen LogP contribution is 2.23. The van der Waals surface area contributed by atoms with Gasteiger partial charge in [-0.15, -0.1) is 5.10 Å². The zero-order valence-corrected chi connectivity index (χ0v) is 12.6. The van der Waals surface area contributed by atoms with Crippen LogP contribution in [0.5, 0.6) is 0 Å². The first kappa shape index (κ1) is 13.5. The van der Waals surface area contributed by atoms with Gasteiger partial charge >= 0.3 is 0 Å². The molecule has 0 amide bonds. The van der Waals surface area contributed by atoms with E-state index < -0.39 is 0 Å². The van der Waals surface area contributed by atoms with Gasteiger partial charge in [0.15, 0.2) is 11.6 Å². The molecule has 1 aromatic carbocycles. The van der Waals surface area contributed by atoms with E-state index in [1.807, 2.05) is 42.2 Å². The average molecular weight is 305 g/mol. The monoisotopic (exact) mass is 305 g/mol. The molecule has 0 atom stereocenters. The molecule has 1 aliphatic rings. The van der Waals surface area contributed by atoms with E-state index in [2.05, 4.69) is 38.4 Å². The highest BCUT2D eigenvalue weighted by molar-refractivity contribution is 5.98. The summed E-state index contributed by atoms with van der Waals surface area (Å²) >= 11 is 0. The van der Waals surface area contributed by atoms with Crippen molar-refractivity contribution >= 4 is 17.9 Å². The Morgan fingerprint density at radius 2 is 2.04 bits per heavy atom. The van der Waals surface area contributed by atoms with Gasteiger partial charge in [0.1, 0.15) is 5.84 Å². The lowest BCUT2D eigenvalue weighted by Crippen LogP contribution is -2.25. The second-order valence-electron chi connectivity index (χ2n) is 5.25. The lowest BCUT2D eigenvalue weighted by Gasteiger charge is -2.11. The molecule has 6 heteroatoms. The van der Waals surface area contributed by atoms with Crippen molar-refractivity contribution in [1.29, 1.82) is 0 Å². The Bertz CT molecular complexity index is 862. The van der Waals surface area contributed by atoms with Crippen LogP contribution in [-0.4, -0.2) is 27.6 Å². The van der Waals surface area contributed by atoms with E-state index in [-0.39, 0.29) is 0 Å². The number of hydrogen-bond acceptors (Lipinski definition) is 5. The maximum absolute atomic E-state index is 5.33. The minimum Gasteiger partial charge on any atom is -0.461 e. The molecule has 2 aromatic heterocycles. The first-order valence-electron chi connectivity index (χ1n) is 7.34. The number of anilines is 1. The lowest BCUT2D eigenvalue weighted by molar-refractivity contribution is 0.577. The largest absolute Gasteiger partial charge is 0.461 e. The summed E-state index contributed by atoms with van der Waals surface area (Å²) in [4.78, 5) is 11.1.